The summed E-state index contributed by atoms with van der Waals surface area (Å²) < 4.78 is 0. The lowest BCUT2D eigenvalue weighted by atomic mass is 10.2. The Morgan fingerprint density at radius 3 is 2.96 bits per heavy atom. The molecule has 6 heteroatoms. The lowest BCUT2D eigenvalue weighted by Gasteiger charge is -2.30. The van der Waals surface area contributed by atoms with Crippen LogP contribution in [0.25, 0.3) is 10.9 Å². The monoisotopic (exact) mass is 320 g/mol. The van der Waals surface area contributed by atoms with Gasteiger partial charge in [-0.2, -0.15) is 5.10 Å². The Bertz CT molecular complexity index is 817. The van der Waals surface area contributed by atoms with Crippen LogP contribution in [0.15, 0.2) is 48.9 Å². The number of hydrogen-bond acceptors (Lipinski definition) is 6. The van der Waals surface area contributed by atoms with E-state index in [-0.39, 0.29) is 0 Å². The Kier molecular flexibility index (Phi) is 3.94. The van der Waals surface area contributed by atoms with Crippen LogP contribution < -0.4 is 9.80 Å². The fraction of sp³-hybridized carbons (Fsp3) is 0.333. The number of nitrogens with zero attached hydrogens (tertiary/aromatic N) is 6. The number of anilines is 2. The summed E-state index contributed by atoms with van der Waals surface area (Å²) in [5.41, 5.74) is 0.978. The van der Waals surface area contributed by atoms with Crippen LogP contribution in [-0.2, 0) is 0 Å². The number of likely N-dealkylation sites (N-methyl/N-ethyl adjacent to an activating group) is 1. The Morgan fingerprint density at radius 2 is 2.08 bits per heavy atom. The summed E-state index contributed by atoms with van der Waals surface area (Å²) in [6.07, 6.45) is 5.69. The summed E-state index contributed by atoms with van der Waals surface area (Å²) >= 11 is 0. The number of rotatable bonds is 4. The largest absolute Gasteiger partial charge is 0.357 e. The van der Waals surface area contributed by atoms with Crippen molar-refractivity contribution in [2.24, 2.45) is 0 Å². The van der Waals surface area contributed by atoms with E-state index < -0.39 is 0 Å². The van der Waals surface area contributed by atoms with Gasteiger partial charge in [-0.1, -0.05) is 12.1 Å². The van der Waals surface area contributed by atoms with Gasteiger partial charge in [0, 0.05) is 37.8 Å². The van der Waals surface area contributed by atoms with Crippen LogP contribution in [0.4, 0.5) is 11.6 Å². The van der Waals surface area contributed by atoms with Gasteiger partial charge >= 0.3 is 0 Å². The summed E-state index contributed by atoms with van der Waals surface area (Å²) in [6, 6.07) is 12.5. The van der Waals surface area contributed by atoms with Crippen molar-refractivity contribution in [3.8, 4) is 0 Å². The molecule has 0 N–H and O–H groups in total. The van der Waals surface area contributed by atoms with Crippen LogP contribution in [0.1, 0.15) is 12.8 Å². The number of benzene rings is 1. The summed E-state index contributed by atoms with van der Waals surface area (Å²) in [5.74, 6) is 1.94. The molecule has 1 aliphatic heterocycles. The maximum absolute atomic E-state index is 4.51. The molecule has 1 fully saturated rings. The highest BCUT2D eigenvalue weighted by molar-refractivity contribution is 5.89. The molecule has 0 bridgehead atoms. The first-order valence-electron chi connectivity index (χ1n) is 8.28. The van der Waals surface area contributed by atoms with Crippen molar-refractivity contribution < 1.29 is 0 Å². The van der Waals surface area contributed by atoms with Gasteiger partial charge in [-0.15, -0.1) is 5.10 Å². The Morgan fingerprint density at radius 1 is 1.17 bits per heavy atom. The fourth-order valence-electron chi connectivity index (χ4n) is 3.47. The number of aromatic nitrogens is 4. The summed E-state index contributed by atoms with van der Waals surface area (Å²) in [6.45, 7) is 1.93. The fourth-order valence-corrected chi connectivity index (χ4v) is 3.47. The highest BCUT2D eigenvalue weighted by atomic mass is 15.3. The minimum absolute atomic E-state index is 0.417. The van der Waals surface area contributed by atoms with E-state index in [1.165, 1.54) is 6.42 Å². The molecule has 1 saturated heterocycles. The van der Waals surface area contributed by atoms with Crippen molar-refractivity contribution >= 4 is 22.5 Å². The van der Waals surface area contributed by atoms with E-state index in [0.717, 1.165) is 42.0 Å². The van der Waals surface area contributed by atoms with Crippen LogP contribution in [-0.4, -0.2) is 46.3 Å². The molecule has 0 amide bonds. The second kappa shape index (κ2) is 6.39. The molecular weight excluding hydrogens is 300 g/mol. The molecule has 3 aromatic rings. The summed E-state index contributed by atoms with van der Waals surface area (Å²) in [7, 11) is 2.10. The lowest BCUT2D eigenvalue weighted by molar-refractivity contribution is 0.644. The third kappa shape index (κ3) is 2.75. The van der Waals surface area contributed by atoms with Gasteiger partial charge in [0.1, 0.15) is 12.1 Å². The first-order chi connectivity index (χ1) is 11.8. The van der Waals surface area contributed by atoms with Gasteiger partial charge < -0.3 is 9.80 Å². The van der Waals surface area contributed by atoms with Gasteiger partial charge in [-0.3, -0.25) is 0 Å². The Hall–Kier alpha value is -2.76. The third-order valence-corrected chi connectivity index (χ3v) is 4.60. The molecule has 122 valence electrons. The van der Waals surface area contributed by atoms with Crippen molar-refractivity contribution in [3.63, 3.8) is 0 Å². The van der Waals surface area contributed by atoms with Crippen LogP contribution in [0.2, 0.25) is 0 Å². The molecule has 6 nitrogen and oxygen atoms in total. The molecule has 0 spiro atoms. The normalized spacial score (nSPS) is 17.4. The number of fused-ring (bicyclic) bond motifs is 1. The van der Waals surface area contributed by atoms with Crippen LogP contribution in [0.5, 0.6) is 0 Å². The first-order valence-corrected chi connectivity index (χ1v) is 8.28. The van der Waals surface area contributed by atoms with Crippen molar-refractivity contribution in [2.75, 3.05) is 29.9 Å². The van der Waals surface area contributed by atoms with E-state index >= 15 is 0 Å². The molecule has 0 saturated carbocycles. The minimum atomic E-state index is 0.417. The highest BCUT2D eigenvalue weighted by Crippen LogP contribution is 2.26. The van der Waals surface area contributed by atoms with Gasteiger partial charge in [0.15, 0.2) is 5.82 Å². The van der Waals surface area contributed by atoms with E-state index in [2.05, 4.69) is 43.1 Å². The molecular formula is C18H20N6. The zero-order valence-electron chi connectivity index (χ0n) is 13.7. The zero-order valence-corrected chi connectivity index (χ0v) is 13.7. The molecule has 1 atom stereocenters. The van der Waals surface area contributed by atoms with Crippen molar-refractivity contribution in [3.05, 3.63) is 48.9 Å². The third-order valence-electron chi connectivity index (χ3n) is 4.60. The van der Waals surface area contributed by atoms with Gasteiger partial charge in [-0.05, 0) is 37.1 Å². The van der Waals surface area contributed by atoms with Crippen LogP contribution in [0, 0.1) is 0 Å². The maximum Gasteiger partial charge on any atom is 0.151 e. The smallest absolute Gasteiger partial charge is 0.151 e. The minimum Gasteiger partial charge on any atom is -0.357 e. The van der Waals surface area contributed by atoms with E-state index in [9.17, 15) is 0 Å². The quantitative estimate of drug-likeness (QED) is 0.736. The van der Waals surface area contributed by atoms with Gasteiger partial charge in [0.05, 0.1) is 5.52 Å². The van der Waals surface area contributed by atoms with Crippen LogP contribution >= 0.6 is 0 Å². The van der Waals surface area contributed by atoms with E-state index in [1.54, 1.807) is 12.5 Å². The molecule has 24 heavy (non-hydrogen) atoms. The second-order valence-corrected chi connectivity index (χ2v) is 6.17. The molecule has 0 radical (unpaired) electrons. The predicted octanol–water partition coefficient (Wildman–Crippen LogP) is 2.53. The zero-order chi connectivity index (χ0) is 16.4. The average Bonchev–Trinajstić information content (AvgIpc) is 3.10. The second-order valence-electron chi connectivity index (χ2n) is 6.17. The van der Waals surface area contributed by atoms with Gasteiger partial charge in [0.2, 0.25) is 0 Å². The number of para-hydroxylation sites is 1. The topological polar surface area (TPSA) is 58.0 Å². The van der Waals surface area contributed by atoms with E-state index in [1.807, 2.05) is 30.3 Å². The molecule has 3 heterocycles. The molecule has 0 aliphatic carbocycles. The standard InChI is InChI=1S/C18H20N6/c1-23(18-15-7-2-3-8-16(15)19-13-20-18)12-14-6-5-11-24(14)17-9-4-10-21-22-17/h2-4,7-10,13-14H,5-6,11-12H2,1H3/t14-/m1/s1. The Labute approximate surface area is 141 Å². The van der Waals surface area contributed by atoms with E-state index in [0.29, 0.717) is 6.04 Å². The summed E-state index contributed by atoms with van der Waals surface area (Å²) in [5, 5.41) is 9.38. The Balaban J connectivity index is 1.58. The van der Waals surface area contributed by atoms with E-state index in [4.69, 9.17) is 0 Å². The van der Waals surface area contributed by atoms with Crippen molar-refractivity contribution in [2.45, 2.75) is 18.9 Å². The first kappa shape index (κ1) is 14.8. The predicted molar refractivity (Wildman–Crippen MR) is 95.2 cm³/mol. The van der Waals surface area contributed by atoms with Gasteiger partial charge in [-0.25, -0.2) is 9.97 Å². The van der Waals surface area contributed by atoms with Crippen molar-refractivity contribution in [1.29, 1.82) is 0 Å². The molecule has 1 aliphatic rings. The molecule has 1 aromatic carbocycles. The maximum atomic E-state index is 4.51. The van der Waals surface area contributed by atoms with Crippen molar-refractivity contribution in [1.82, 2.24) is 20.2 Å². The molecule has 2 aromatic heterocycles. The van der Waals surface area contributed by atoms with Gasteiger partial charge in [0.25, 0.3) is 0 Å². The molecule has 4 rings (SSSR count). The number of hydrogen-bond donors (Lipinski definition) is 0. The highest BCUT2D eigenvalue weighted by Gasteiger charge is 2.27. The summed E-state index contributed by atoms with van der Waals surface area (Å²) in [4.78, 5) is 13.4. The SMILES string of the molecule is CN(C[C@H]1CCCN1c1cccnn1)c1ncnc2ccccc12. The lowest BCUT2D eigenvalue weighted by Crippen LogP contribution is -2.39. The van der Waals surface area contributed by atoms with Crippen LogP contribution in [0.3, 0.4) is 0 Å². The molecule has 0 unspecified atom stereocenters. The average molecular weight is 320 g/mol.